The van der Waals surface area contributed by atoms with Crippen LogP contribution in [0.15, 0.2) is 48.5 Å². The number of benzene rings is 2. The third kappa shape index (κ3) is 9.62. The van der Waals surface area contributed by atoms with E-state index in [1.165, 1.54) is 24.3 Å². The molecule has 0 aliphatic carbocycles. The summed E-state index contributed by atoms with van der Waals surface area (Å²) in [6.45, 7) is 2.30. The molecule has 2 fully saturated rings. The van der Waals surface area contributed by atoms with Gasteiger partial charge in [-0.2, -0.15) is 26.3 Å². The number of carbonyl (C=O) groups excluding carboxylic acids is 2. The number of ether oxygens (including phenoxy) is 2. The molecule has 0 saturated carbocycles. The van der Waals surface area contributed by atoms with Gasteiger partial charge >= 0.3 is 24.4 Å². The van der Waals surface area contributed by atoms with Crippen LogP contribution in [0.5, 0.6) is 11.5 Å². The van der Waals surface area contributed by atoms with Gasteiger partial charge in [0.2, 0.25) is 0 Å². The van der Waals surface area contributed by atoms with E-state index in [4.69, 9.17) is 9.47 Å². The van der Waals surface area contributed by atoms with Crippen LogP contribution in [0.2, 0.25) is 0 Å². The lowest BCUT2D eigenvalue weighted by Gasteiger charge is -2.31. The fourth-order valence-corrected chi connectivity index (χ4v) is 4.50. The van der Waals surface area contributed by atoms with Gasteiger partial charge in [-0.3, -0.25) is 0 Å². The lowest BCUT2D eigenvalue weighted by Crippen LogP contribution is -2.45. The van der Waals surface area contributed by atoms with E-state index in [-0.39, 0.29) is 24.3 Å². The van der Waals surface area contributed by atoms with E-state index in [1.54, 1.807) is 23.9 Å². The molecule has 0 atom stereocenters. The molecule has 0 unspecified atom stereocenters. The summed E-state index contributed by atoms with van der Waals surface area (Å²) in [5.74, 6) is 0.836. The maximum Gasteiger partial charge on any atom is 0.416 e. The van der Waals surface area contributed by atoms with E-state index in [2.05, 4.69) is 10.6 Å². The highest BCUT2D eigenvalue weighted by molar-refractivity contribution is 5.74. The zero-order chi connectivity index (χ0) is 30.9. The number of nitrogens with zero attached hydrogens (tertiary/aromatic N) is 2. The molecule has 4 rings (SSSR count). The summed E-state index contributed by atoms with van der Waals surface area (Å²) in [6.07, 6.45) is -6.19. The van der Waals surface area contributed by atoms with Gasteiger partial charge in [0.25, 0.3) is 0 Å². The van der Waals surface area contributed by atoms with Crippen molar-refractivity contribution in [1.82, 2.24) is 20.4 Å². The van der Waals surface area contributed by atoms with Crippen LogP contribution >= 0.6 is 0 Å². The van der Waals surface area contributed by atoms with Crippen LogP contribution in [-0.4, -0.2) is 74.3 Å². The third-order valence-electron chi connectivity index (χ3n) is 6.85. The van der Waals surface area contributed by atoms with E-state index in [0.29, 0.717) is 63.4 Å². The number of urea groups is 2. The summed E-state index contributed by atoms with van der Waals surface area (Å²) in [6, 6.07) is 9.10. The Labute approximate surface area is 239 Å². The Hall–Kier alpha value is -3.84. The second kappa shape index (κ2) is 14.4. The molecular weight excluding hydrogens is 570 g/mol. The number of amides is 4. The van der Waals surface area contributed by atoms with Gasteiger partial charge < -0.3 is 29.9 Å². The van der Waals surface area contributed by atoms with Crippen molar-refractivity contribution in [2.45, 2.75) is 50.2 Å². The molecule has 2 saturated heterocycles. The highest BCUT2D eigenvalue weighted by Crippen LogP contribution is 2.32. The van der Waals surface area contributed by atoms with Crippen LogP contribution in [0.4, 0.5) is 35.9 Å². The highest BCUT2D eigenvalue weighted by Gasteiger charge is 2.31. The lowest BCUT2D eigenvalue weighted by molar-refractivity contribution is -0.138. The normalized spacial score (nSPS) is 16.7. The number of halogens is 6. The lowest BCUT2D eigenvalue weighted by atomic mass is 10.1. The Morgan fingerprint density at radius 3 is 1.14 bits per heavy atom. The SMILES string of the molecule is CNC(=O)N1CCC(Oc2ccc(C(F)(F)F)cc2)CC1.CNC(=O)N1CCC(Oc2ccc(C(F)(F)F)cc2)CC1. The van der Waals surface area contributed by atoms with Crippen LogP contribution in [0, 0.1) is 0 Å². The second-order valence-corrected chi connectivity index (χ2v) is 9.76. The predicted octanol–water partition coefficient (Wildman–Crippen LogP) is 5.78. The van der Waals surface area contributed by atoms with Crippen LogP contribution in [0.25, 0.3) is 0 Å². The van der Waals surface area contributed by atoms with Crippen molar-refractivity contribution in [3.63, 3.8) is 0 Å². The van der Waals surface area contributed by atoms with Crippen molar-refractivity contribution in [3.05, 3.63) is 59.7 Å². The summed E-state index contributed by atoms with van der Waals surface area (Å²) in [5, 5.41) is 5.12. The average molecular weight is 605 g/mol. The maximum atomic E-state index is 12.4. The van der Waals surface area contributed by atoms with Crippen molar-refractivity contribution in [1.29, 1.82) is 0 Å². The van der Waals surface area contributed by atoms with Gasteiger partial charge in [-0.1, -0.05) is 0 Å². The molecule has 2 aromatic rings. The first-order valence-corrected chi connectivity index (χ1v) is 13.4. The van der Waals surface area contributed by atoms with Gasteiger partial charge in [0.1, 0.15) is 23.7 Å². The molecule has 8 nitrogen and oxygen atoms in total. The van der Waals surface area contributed by atoms with E-state index in [9.17, 15) is 35.9 Å². The van der Waals surface area contributed by atoms with E-state index >= 15 is 0 Å². The molecule has 2 aliphatic heterocycles. The first kappa shape index (κ1) is 32.7. The molecule has 0 aromatic heterocycles. The van der Waals surface area contributed by atoms with Crippen molar-refractivity contribution in [3.8, 4) is 11.5 Å². The summed E-state index contributed by atoms with van der Waals surface area (Å²) in [5.41, 5.74) is -1.38. The number of nitrogens with one attached hydrogen (secondary N) is 2. The Bertz CT molecular complexity index is 1050. The number of likely N-dealkylation sites (tertiary alicyclic amines) is 2. The quantitative estimate of drug-likeness (QED) is 0.434. The zero-order valence-corrected chi connectivity index (χ0v) is 23.2. The molecular formula is C28H34F6N4O4. The summed E-state index contributed by atoms with van der Waals surface area (Å²) < 4.78 is 86.0. The molecule has 2 N–H and O–H groups in total. The fraction of sp³-hybridized carbons (Fsp3) is 0.500. The van der Waals surface area contributed by atoms with Gasteiger partial charge in [0.15, 0.2) is 0 Å². The number of rotatable bonds is 4. The first-order valence-electron chi connectivity index (χ1n) is 13.4. The monoisotopic (exact) mass is 604 g/mol. The van der Waals surface area contributed by atoms with Gasteiger partial charge in [-0.05, 0) is 48.5 Å². The Morgan fingerprint density at radius 1 is 0.619 bits per heavy atom. The van der Waals surface area contributed by atoms with Crippen LogP contribution in [0.1, 0.15) is 36.8 Å². The topological polar surface area (TPSA) is 83.1 Å². The molecule has 232 valence electrons. The van der Waals surface area contributed by atoms with Gasteiger partial charge in [0, 0.05) is 66.0 Å². The van der Waals surface area contributed by atoms with E-state index in [0.717, 1.165) is 24.3 Å². The number of alkyl halides is 6. The van der Waals surface area contributed by atoms with Crippen molar-refractivity contribution >= 4 is 12.1 Å². The van der Waals surface area contributed by atoms with Crippen LogP contribution in [-0.2, 0) is 12.4 Å². The summed E-state index contributed by atoms with van der Waals surface area (Å²) in [7, 11) is 3.15. The molecule has 2 aromatic carbocycles. The van der Waals surface area contributed by atoms with Crippen LogP contribution in [0.3, 0.4) is 0 Å². The number of carbonyl (C=O) groups is 2. The van der Waals surface area contributed by atoms with Gasteiger partial charge in [0.05, 0.1) is 11.1 Å². The summed E-state index contributed by atoms with van der Waals surface area (Å²) >= 11 is 0. The molecule has 0 radical (unpaired) electrons. The van der Waals surface area contributed by atoms with Crippen molar-refractivity contribution in [2.24, 2.45) is 0 Å². The smallest absolute Gasteiger partial charge is 0.416 e. The average Bonchev–Trinajstić information content (AvgIpc) is 2.97. The Morgan fingerprint density at radius 2 is 0.905 bits per heavy atom. The molecule has 4 amide bonds. The Balaban J connectivity index is 0.000000230. The van der Waals surface area contributed by atoms with E-state index < -0.39 is 23.5 Å². The highest BCUT2D eigenvalue weighted by atomic mass is 19.4. The standard InChI is InChI=1S/2C14H17F3N2O2/c2*1-18-13(20)19-8-6-12(7-9-19)21-11-4-2-10(3-5-11)14(15,16)17/h2*2-5,12H,6-9H2,1H3,(H,18,20). The number of piperidine rings is 2. The van der Waals surface area contributed by atoms with Crippen LogP contribution < -0.4 is 20.1 Å². The number of hydrogen-bond donors (Lipinski definition) is 2. The first-order chi connectivity index (χ1) is 19.8. The Kier molecular flexibility index (Phi) is 11.2. The molecule has 0 bridgehead atoms. The maximum absolute atomic E-state index is 12.4. The zero-order valence-electron chi connectivity index (χ0n) is 23.2. The van der Waals surface area contributed by atoms with Crippen molar-refractivity contribution < 1.29 is 45.4 Å². The number of hydrogen-bond acceptors (Lipinski definition) is 4. The minimum atomic E-state index is -4.34. The van der Waals surface area contributed by atoms with Gasteiger partial charge in [-0.15, -0.1) is 0 Å². The minimum absolute atomic E-state index is 0.0809. The molecule has 2 heterocycles. The van der Waals surface area contributed by atoms with Crippen molar-refractivity contribution in [2.75, 3.05) is 40.3 Å². The van der Waals surface area contributed by atoms with E-state index in [1.807, 2.05) is 0 Å². The third-order valence-corrected chi connectivity index (χ3v) is 6.85. The summed E-state index contributed by atoms with van der Waals surface area (Å²) in [4.78, 5) is 26.2. The van der Waals surface area contributed by atoms with Gasteiger partial charge in [-0.25, -0.2) is 9.59 Å². The molecule has 2 aliphatic rings. The predicted molar refractivity (Wildman–Crippen MR) is 142 cm³/mol. The molecule has 42 heavy (non-hydrogen) atoms. The fourth-order valence-electron chi connectivity index (χ4n) is 4.50. The second-order valence-electron chi connectivity index (χ2n) is 9.76. The molecule has 14 heteroatoms. The largest absolute Gasteiger partial charge is 0.490 e. The minimum Gasteiger partial charge on any atom is -0.490 e. The molecule has 0 spiro atoms.